The second kappa shape index (κ2) is 14.6. The number of hydrogen-bond donors (Lipinski definition) is 0. The molecule has 0 aliphatic carbocycles. The van der Waals surface area contributed by atoms with Gasteiger partial charge in [-0.25, -0.2) is 0 Å². The van der Waals surface area contributed by atoms with Gasteiger partial charge in [0.2, 0.25) is 0 Å². The minimum Gasteiger partial charge on any atom is -0.168 e. The molecule has 34 heavy (non-hydrogen) atoms. The summed E-state index contributed by atoms with van der Waals surface area (Å²) in [5, 5.41) is 5.32. The van der Waals surface area contributed by atoms with E-state index >= 15 is 0 Å². The monoisotopic (exact) mass is 646 g/mol. The molecule has 6 rings (SSSR count). The van der Waals surface area contributed by atoms with Crippen LogP contribution in [-0.4, -0.2) is 3.26 Å². The largest absolute Gasteiger partial charge is 0.168 e. The summed E-state index contributed by atoms with van der Waals surface area (Å²) in [4.78, 5) is 0. The van der Waals surface area contributed by atoms with Gasteiger partial charge in [0.05, 0.1) is 0 Å². The standard InChI is InChI=1S/C13H10.2C9H7.2ClH.Hf/c1-3-7-12(8-4-1)11-13-9-5-2-6-10-13;2*1-2-5-9-7-3-6-8(9)4-1;;;/h1-10H;2*1-7H;2*1H;/q;2*-1;;;+2/p-2. The van der Waals surface area contributed by atoms with Gasteiger partial charge >= 0.3 is 98.9 Å². The van der Waals surface area contributed by atoms with Crippen molar-refractivity contribution in [2.75, 3.05) is 0 Å². The molecule has 0 fully saturated rings. The Bertz CT molecular complexity index is 1210. The summed E-state index contributed by atoms with van der Waals surface area (Å²) >= 11 is 1.08. The number of hydrogen-bond acceptors (Lipinski definition) is 0. The third kappa shape index (κ3) is 7.74. The van der Waals surface area contributed by atoms with Crippen LogP contribution >= 0.6 is 0 Å². The first kappa shape index (κ1) is 27.7. The van der Waals surface area contributed by atoms with Gasteiger partial charge in [-0.1, -0.05) is 12.1 Å². The Morgan fingerprint density at radius 1 is 0.441 bits per heavy atom. The Hall–Kier alpha value is -2.58. The van der Waals surface area contributed by atoms with E-state index < -0.39 is 0 Å². The molecule has 0 atom stereocenters. The summed E-state index contributed by atoms with van der Waals surface area (Å²) in [5.41, 5.74) is 2.70. The van der Waals surface area contributed by atoms with Gasteiger partial charge in [0.15, 0.2) is 0 Å². The first-order valence-electron chi connectivity index (χ1n) is 10.7. The number of halogens is 2. The third-order valence-corrected chi connectivity index (χ3v) is 7.29. The average Bonchev–Trinajstić information content (AvgIpc) is 3.55. The Kier molecular flexibility index (Phi) is 11.9. The summed E-state index contributed by atoms with van der Waals surface area (Å²) in [5.74, 6) is 0. The zero-order valence-corrected chi connectivity index (χ0v) is 23.7. The Balaban J connectivity index is 0.000000181. The zero-order chi connectivity index (χ0) is 22.0. The molecule has 0 saturated heterocycles. The number of fused-ring (bicyclic) bond motifs is 2. The molecule has 0 spiro atoms. The van der Waals surface area contributed by atoms with E-state index in [-0.39, 0.29) is 24.8 Å². The molecule has 0 aliphatic rings. The van der Waals surface area contributed by atoms with Crippen LogP contribution in [0.5, 0.6) is 0 Å². The minimum atomic E-state index is 0. The van der Waals surface area contributed by atoms with E-state index in [1.54, 1.807) is 0 Å². The van der Waals surface area contributed by atoms with Gasteiger partial charge in [0, 0.05) is 0 Å². The quantitative estimate of drug-likeness (QED) is 0.200. The SMILES string of the molecule is [Cl-].[Cl-].[Hf+2]=[C](c1ccccc1)c1ccccc1.c1ccc2[cH-]ccc2c1.c1ccc2[cH-]ccc2c1. The second-order valence-electron chi connectivity index (χ2n) is 7.42. The maximum absolute atomic E-state index is 2.18. The van der Waals surface area contributed by atoms with E-state index in [0.29, 0.717) is 0 Å². The van der Waals surface area contributed by atoms with E-state index in [2.05, 4.69) is 146 Å². The van der Waals surface area contributed by atoms with Gasteiger partial charge in [-0.05, 0) is 0 Å². The topological polar surface area (TPSA) is 0 Å². The van der Waals surface area contributed by atoms with Crippen molar-refractivity contribution in [3.63, 3.8) is 0 Å². The maximum Gasteiger partial charge on any atom is -0.0809 e. The van der Waals surface area contributed by atoms with E-state index in [4.69, 9.17) is 0 Å². The zero-order valence-electron chi connectivity index (χ0n) is 18.6. The van der Waals surface area contributed by atoms with Crippen LogP contribution in [0, 0.1) is 0 Å². The molecule has 0 heterocycles. The maximum atomic E-state index is 2.18. The Morgan fingerprint density at radius 3 is 1.18 bits per heavy atom. The molecule has 6 aromatic carbocycles. The Labute approximate surface area is 228 Å². The summed E-state index contributed by atoms with van der Waals surface area (Å²) in [7, 11) is 0. The van der Waals surface area contributed by atoms with Crippen molar-refractivity contribution in [3.8, 4) is 0 Å². The fourth-order valence-corrected chi connectivity index (χ4v) is 4.71. The van der Waals surface area contributed by atoms with E-state index in [1.807, 2.05) is 0 Å². The molecule has 168 valence electrons. The van der Waals surface area contributed by atoms with Crippen LogP contribution in [0.4, 0.5) is 0 Å². The van der Waals surface area contributed by atoms with Crippen molar-refractivity contribution < 1.29 is 48.7 Å². The number of rotatable bonds is 2. The van der Waals surface area contributed by atoms with Gasteiger partial charge in [-0.2, -0.15) is 35.0 Å². The van der Waals surface area contributed by atoms with Crippen LogP contribution in [-0.2, 0) is 23.9 Å². The molecule has 0 N–H and O–H groups in total. The fraction of sp³-hybridized carbons (Fsp3) is 0. The van der Waals surface area contributed by atoms with Gasteiger partial charge in [0.1, 0.15) is 0 Å². The van der Waals surface area contributed by atoms with Crippen LogP contribution in [0.15, 0.2) is 146 Å². The van der Waals surface area contributed by atoms with Crippen molar-refractivity contribution in [2.24, 2.45) is 0 Å². The number of benzene rings is 4. The molecule has 0 saturated carbocycles. The van der Waals surface area contributed by atoms with Crippen molar-refractivity contribution in [3.05, 3.63) is 157 Å². The van der Waals surface area contributed by atoms with Crippen LogP contribution in [0.2, 0.25) is 0 Å². The molecule has 6 aromatic rings. The molecule has 0 bridgehead atoms. The van der Waals surface area contributed by atoms with Crippen molar-refractivity contribution in [2.45, 2.75) is 0 Å². The van der Waals surface area contributed by atoms with Crippen molar-refractivity contribution >= 4 is 24.8 Å². The molecule has 0 amide bonds. The average molecular weight is 646 g/mol. The van der Waals surface area contributed by atoms with Crippen LogP contribution in [0.25, 0.3) is 21.5 Å². The molecule has 3 heteroatoms. The first-order chi connectivity index (χ1) is 15.8. The molecule has 0 unspecified atom stereocenters. The molecule has 0 aromatic heterocycles. The van der Waals surface area contributed by atoms with Gasteiger partial charge in [-0.3, -0.25) is 0 Å². The molecule has 0 nitrogen and oxygen atoms in total. The van der Waals surface area contributed by atoms with Gasteiger partial charge in [0.25, 0.3) is 0 Å². The molecule has 0 aliphatic heterocycles. The molecular formula is C31H24Cl2Hf-2. The first-order valence-corrected chi connectivity index (χ1v) is 12.5. The van der Waals surface area contributed by atoms with Crippen LogP contribution in [0.1, 0.15) is 11.1 Å². The minimum absolute atomic E-state index is 0. The van der Waals surface area contributed by atoms with Gasteiger partial charge < -0.3 is 24.8 Å². The van der Waals surface area contributed by atoms with E-state index in [1.165, 1.54) is 35.9 Å². The predicted molar refractivity (Wildman–Crippen MR) is 135 cm³/mol. The third-order valence-electron chi connectivity index (χ3n) is 5.22. The predicted octanol–water partition coefficient (Wildman–Crippen LogP) is 1.93. The summed E-state index contributed by atoms with van der Waals surface area (Å²) in [6.45, 7) is 0. The normalized spacial score (nSPS) is 9.47. The smallest absolute Gasteiger partial charge is 0.0809 e. The summed E-state index contributed by atoms with van der Waals surface area (Å²) in [6.07, 6.45) is 0. The summed E-state index contributed by atoms with van der Waals surface area (Å²) < 4.78 is 1.46. The van der Waals surface area contributed by atoms with Crippen LogP contribution < -0.4 is 24.8 Å². The summed E-state index contributed by atoms with van der Waals surface area (Å²) in [6, 6.07) is 50.5. The van der Waals surface area contributed by atoms with Crippen molar-refractivity contribution in [1.29, 1.82) is 0 Å². The van der Waals surface area contributed by atoms with E-state index in [9.17, 15) is 0 Å². The molecular weight excluding hydrogens is 622 g/mol. The van der Waals surface area contributed by atoms with E-state index in [0.717, 1.165) is 23.9 Å². The fourth-order valence-electron chi connectivity index (χ4n) is 3.52. The Morgan fingerprint density at radius 2 is 0.794 bits per heavy atom. The second-order valence-corrected chi connectivity index (χ2v) is 9.21. The van der Waals surface area contributed by atoms with Crippen LogP contribution in [0.3, 0.4) is 0 Å². The van der Waals surface area contributed by atoms with Gasteiger partial charge in [-0.15, -0.1) is 59.3 Å². The molecule has 0 radical (unpaired) electrons. The van der Waals surface area contributed by atoms with Crippen molar-refractivity contribution in [1.82, 2.24) is 0 Å².